The maximum atomic E-state index is 12.6. The van der Waals surface area contributed by atoms with Crippen molar-refractivity contribution in [2.75, 3.05) is 65.4 Å². The van der Waals surface area contributed by atoms with Gasteiger partial charge in [0, 0.05) is 45.2 Å². The number of piperidine rings is 1. The van der Waals surface area contributed by atoms with Gasteiger partial charge in [-0.05, 0) is 51.4 Å². The molecule has 3 heterocycles. The SMILES string of the molecule is CC.CCN1CC[C@H](CN2CCC(C(=O)N3CCNCC3)CC2)C1. The number of carbonyl (C=O) groups is 1. The topological polar surface area (TPSA) is 38.8 Å². The molecule has 5 heteroatoms. The van der Waals surface area contributed by atoms with Crippen LogP contribution in [0.25, 0.3) is 0 Å². The third-order valence-electron chi connectivity index (χ3n) is 5.70. The van der Waals surface area contributed by atoms with E-state index in [1.807, 2.05) is 13.8 Å². The Morgan fingerprint density at radius 1 is 0.958 bits per heavy atom. The molecule has 0 aliphatic carbocycles. The van der Waals surface area contributed by atoms with Crippen LogP contribution in [0.1, 0.15) is 40.0 Å². The molecule has 1 atom stereocenters. The van der Waals surface area contributed by atoms with Crippen LogP contribution in [-0.2, 0) is 4.79 Å². The molecule has 0 spiro atoms. The number of nitrogens with one attached hydrogen (secondary N) is 1. The van der Waals surface area contributed by atoms with Crippen molar-refractivity contribution >= 4 is 5.91 Å². The first-order chi connectivity index (χ1) is 11.8. The highest BCUT2D eigenvalue weighted by Gasteiger charge is 2.30. The van der Waals surface area contributed by atoms with Crippen LogP contribution in [-0.4, -0.2) is 86.1 Å². The maximum Gasteiger partial charge on any atom is 0.225 e. The fraction of sp³-hybridized carbons (Fsp3) is 0.947. The van der Waals surface area contributed by atoms with Gasteiger partial charge in [0.2, 0.25) is 5.91 Å². The van der Waals surface area contributed by atoms with Gasteiger partial charge >= 0.3 is 0 Å². The van der Waals surface area contributed by atoms with E-state index in [1.54, 1.807) is 0 Å². The molecular weight excluding hydrogens is 300 g/mol. The molecule has 3 saturated heterocycles. The van der Waals surface area contributed by atoms with Gasteiger partial charge in [0.05, 0.1) is 0 Å². The molecule has 5 nitrogen and oxygen atoms in total. The third kappa shape index (κ3) is 5.43. The van der Waals surface area contributed by atoms with Gasteiger partial charge in [0.15, 0.2) is 0 Å². The average molecular weight is 339 g/mol. The zero-order valence-electron chi connectivity index (χ0n) is 16.1. The van der Waals surface area contributed by atoms with Gasteiger partial charge in [-0.1, -0.05) is 20.8 Å². The van der Waals surface area contributed by atoms with Crippen LogP contribution in [0.5, 0.6) is 0 Å². The Balaban J connectivity index is 0.00000100. The van der Waals surface area contributed by atoms with E-state index in [1.165, 1.54) is 32.6 Å². The van der Waals surface area contributed by atoms with Gasteiger partial charge in [-0.15, -0.1) is 0 Å². The predicted octanol–water partition coefficient (Wildman–Crippen LogP) is 1.50. The molecule has 0 unspecified atom stereocenters. The zero-order valence-corrected chi connectivity index (χ0v) is 16.1. The average Bonchev–Trinajstić information content (AvgIpc) is 3.12. The van der Waals surface area contributed by atoms with Gasteiger partial charge < -0.3 is 20.0 Å². The van der Waals surface area contributed by atoms with Crippen molar-refractivity contribution in [1.29, 1.82) is 0 Å². The van der Waals surface area contributed by atoms with Crippen molar-refractivity contribution < 1.29 is 4.79 Å². The van der Waals surface area contributed by atoms with Crippen molar-refractivity contribution in [2.45, 2.75) is 40.0 Å². The highest BCUT2D eigenvalue weighted by atomic mass is 16.2. The normalized spacial score (nSPS) is 27.0. The number of hydrogen-bond donors (Lipinski definition) is 1. The van der Waals surface area contributed by atoms with E-state index in [2.05, 4.69) is 26.9 Å². The summed E-state index contributed by atoms with van der Waals surface area (Å²) in [5, 5.41) is 3.32. The van der Waals surface area contributed by atoms with E-state index < -0.39 is 0 Å². The van der Waals surface area contributed by atoms with Crippen molar-refractivity contribution in [3.63, 3.8) is 0 Å². The molecule has 1 amide bonds. The minimum Gasteiger partial charge on any atom is -0.340 e. The Morgan fingerprint density at radius 3 is 2.17 bits per heavy atom. The summed E-state index contributed by atoms with van der Waals surface area (Å²) in [6.45, 7) is 17.2. The molecular formula is C19H38N4O. The van der Waals surface area contributed by atoms with Crippen LogP contribution in [0.3, 0.4) is 0 Å². The van der Waals surface area contributed by atoms with Crippen LogP contribution < -0.4 is 5.32 Å². The van der Waals surface area contributed by atoms with Crippen LogP contribution in [0.2, 0.25) is 0 Å². The van der Waals surface area contributed by atoms with E-state index in [4.69, 9.17) is 0 Å². The van der Waals surface area contributed by atoms with Crippen LogP contribution in [0.15, 0.2) is 0 Å². The molecule has 0 aromatic rings. The molecule has 3 fully saturated rings. The fourth-order valence-corrected chi connectivity index (χ4v) is 4.22. The second-order valence-electron chi connectivity index (χ2n) is 7.20. The van der Waals surface area contributed by atoms with E-state index in [0.29, 0.717) is 5.91 Å². The molecule has 0 saturated carbocycles. The summed E-state index contributed by atoms with van der Waals surface area (Å²) in [5.41, 5.74) is 0. The summed E-state index contributed by atoms with van der Waals surface area (Å²) in [4.78, 5) is 19.8. The maximum absolute atomic E-state index is 12.6. The minimum absolute atomic E-state index is 0.282. The number of rotatable bonds is 4. The van der Waals surface area contributed by atoms with E-state index in [0.717, 1.165) is 58.0 Å². The fourth-order valence-electron chi connectivity index (χ4n) is 4.22. The summed E-state index contributed by atoms with van der Waals surface area (Å²) in [7, 11) is 0. The van der Waals surface area contributed by atoms with Crippen molar-refractivity contribution in [3.05, 3.63) is 0 Å². The monoisotopic (exact) mass is 338 g/mol. The van der Waals surface area contributed by atoms with Crippen LogP contribution >= 0.6 is 0 Å². The molecule has 3 rings (SSSR count). The van der Waals surface area contributed by atoms with E-state index in [-0.39, 0.29) is 5.92 Å². The highest BCUT2D eigenvalue weighted by molar-refractivity contribution is 5.79. The van der Waals surface area contributed by atoms with E-state index in [9.17, 15) is 4.79 Å². The molecule has 140 valence electrons. The zero-order chi connectivity index (χ0) is 17.4. The lowest BCUT2D eigenvalue weighted by Crippen LogP contribution is -2.50. The van der Waals surface area contributed by atoms with Gasteiger partial charge in [0.1, 0.15) is 0 Å². The number of piperazine rings is 1. The highest BCUT2D eigenvalue weighted by Crippen LogP contribution is 2.23. The molecule has 3 aliphatic rings. The number of amides is 1. The first-order valence-electron chi connectivity index (χ1n) is 10.2. The number of nitrogens with zero attached hydrogens (tertiary/aromatic N) is 3. The standard InChI is InChI=1S/C17H32N4O.C2H6/c1-2-19-8-3-15(13-19)14-20-9-4-16(5-10-20)17(22)21-11-6-18-7-12-21;1-2/h15-16,18H,2-14H2,1H3;1-2H3/t15-;/m0./s1. The molecule has 24 heavy (non-hydrogen) atoms. The Labute approximate surface area is 148 Å². The van der Waals surface area contributed by atoms with Gasteiger partial charge in [0.25, 0.3) is 0 Å². The summed E-state index contributed by atoms with van der Waals surface area (Å²) in [6, 6.07) is 0. The third-order valence-corrected chi connectivity index (χ3v) is 5.70. The Morgan fingerprint density at radius 2 is 1.58 bits per heavy atom. The molecule has 0 aromatic carbocycles. The first kappa shape index (κ1) is 19.7. The Bertz CT molecular complexity index is 362. The quantitative estimate of drug-likeness (QED) is 0.843. The summed E-state index contributed by atoms with van der Waals surface area (Å²) < 4.78 is 0. The smallest absolute Gasteiger partial charge is 0.225 e. The second kappa shape index (κ2) is 10.4. The van der Waals surface area contributed by atoms with Gasteiger partial charge in [-0.3, -0.25) is 4.79 Å². The van der Waals surface area contributed by atoms with Crippen molar-refractivity contribution in [3.8, 4) is 0 Å². The Kier molecular flexibility index (Phi) is 8.50. The van der Waals surface area contributed by atoms with Crippen molar-refractivity contribution in [2.24, 2.45) is 11.8 Å². The minimum atomic E-state index is 0.282. The lowest BCUT2D eigenvalue weighted by molar-refractivity contribution is -0.137. The van der Waals surface area contributed by atoms with Crippen LogP contribution in [0, 0.1) is 11.8 Å². The number of hydrogen-bond acceptors (Lipinski definition) is 4. The number of carbonyl (C=O) groups excluding carboxylic acids is 1. The number of likely N-dealkylation sites (tertiary alicyclic amines) is 2. The molecule has 3 aliphatic heterocycles. The van der Waals surface area contributed by atoms with E-state index >= 15 is 0 Å². The summed E-state index contributed by atoms with van der Waals surface area (Å²) in [5.74, 6) is 1.55. The van der Waals surface area contributed by atoms with Crippen LogP contribution in [0.4, 0.5) is 0 Å². The lowest BCUT2D eigenvalue weighted by Gasteiger charge is -2.36. The first-order valence-corrected chi connectivity index (χ1v) is 10.2. The molecule has 1 N–H and O–H groups in total. The predicted molar refractivity (Wildman–Crippen MR) is 100 cm³/mol. The summed E-state index contributed by atoms with van der Waals surface area (Å²) >= 11 is 0. The van der Waals surface area contributed by atoms with Crippen molar-refractivity contribution in [1.82, 2.24) is 20.0 Å². The van der Waals surface area contributed by atoms with Gasteiger partial charge in [-0.2, -0.15) is 0 Å². The largest absolute Gasteiger partial charge is 0.340 e. The molecule has 0 aromatic heterocycles. The molecule has 0 bridgehead atoms. The van der Waals surface area contributed by atoms with Gasteiger partial charge in [-0.25, -0.2) is 0 Å². The molecule has 0 radical (unpaired) electrons. The Hall–Kier alpha value is -0.650. The second-order valence-corrected chi connectivity index (χ2v) is 7.20. The summed E-state index contributed by atoms with van der Waals surface area (Å²) in [6.07, 6.45) is 3.48. The lowest BCUT2D eigenvalue weighted by atomic mass is 9.94.